The van der Waals surface area contributed by atoms with Gasteiger partial charge < -0.3 is 9.47 Å². The van der Waals surface area contributed by atoms with Crippen LogP contribution in [0.1, 0.15) is 13.8 Å². The number of rotatable bonds is 4. The van der Waals surface area contributed by atoms with E-state index in [2.05, 4.69) is 37.0 Å². The molecule has 3 heteroatoms. The summed E-state index contributed by atoms with van der Waals surface area (Å²) in [6, 6.07) is 0. The second kappa shape index (κ2) is 6.22. The molecule has 0 bridgehead atoms. The van der Waals surface area contributed by atoms with E-state index in [1.165, 1.54) is 0 Å². The molecule has 3 nitrogen and oxygen atoms in total. The lowest BCUT2D eigenvalue weighted by Crippen LogP contribution is -2.38. The average Bonchev–Trinajstić information content (AvgIpc) is 2.35. The standard InChI is InChI=1S/C14H23NO2/c1-12-3-4-14(11-13(12)2)17-10-7-15-5-8-16-9-6-15/h3-4,11-13H,5-10H2,1-2H3. The Hall–Kier alpha value is -0.800. The van der Waals surface area contributed by atoms with Crippen molar-refractivity contribution in [1.82, 2.24) is 4.90 Å². The molecule has 0 spiro atoms. The van der Waals surface area contributed by atoms with Crippen LogP contribution in [0.3, 0.4) is 0 Å². The van der Waals surface area contributed by atoms with Crippen molar-refractivity contribution in [3.8, 4) is 0 Å². The maximum Gasteiger partial charge on any atom is 0.115 e. The molecule has 2 aliphatic rings. The fourth-order valence-electron chi connectivity index (χ4n) is 2.10. The third kappa shape index (κ3) is 3.86. The maximum absolute atomic E-state index is 5.80. The van der Waals surface area contributed by atoms with Crippen LogP contribution in [0.5, 0.6) is 0 Å². The smallest absolute Gasteiger partial charge is 0.115 e. The van der Waals surface area contributed by atoms with E-state index in [4.69, 9.17) is 9.47 Å². The molecule has 1 saturated heterocycles. The lowest BCUT2D eigenvalue weighted by Gasteiger charge is -2.27. The van der Waals surface area contributed by atoms with Crippen LogP contribution in [0.4, 0.5) is 0 Å². The summed E-state index contributed by atoms with van der Waals surface area (Å²) in [7, 11) is 0. The normalized spacial score (nSPS) is 30.1. The Labute approximate surface area is 104 Å². The quantitative estimate of drug-likeness (QED) is 0.747. The highest BCUT2D eigenvalue weighted by Gasteiger charge is 2.13. The molecule has 17 heavy (non-hydrogen) atoms. The molecular weight excluding hydrogens is 214 g/mol. The van der Waals surface area contributed by atoms with Crippen molar-refractivity contribution in [3.05, 3.63) is 24.0 Å². The Morgan fingerprint density at radius 1 is 1.29 bits per heavy atom. The van der Waals surface area contributed by atoms with Gasteiger partial charge in [-0.15, -0.1) is 0 Å². The van der Waals surface area contributed by atoms with Gasteiger partial charge in [-0.1, -0.05) is 19.9 Å². The molecule has 0 radical (unpaired) electrons. The zero-order valence-electron chi connectivity index (χ0n) is 10.9. The summed E-state index contributed by atoms with van der Waals surface area (Å²) in [5, 5.41) is 0. The summed E-state index contributed by atoms with van der Waals surface area (Å²) < 4.78 is 11.1. The van der Waals surface area contributed by atoms with Crippen molar-refractivity contribution in [2.24, 2.45) is 11.8 Å². The van der Waals surface area contributed by atoms with Crippen LogP contribution in [0.15, 0.2) is 24.0 Å². The largest absolute Gasteiger partial charge is 0.493 e. The lowest BCUT2D eigenvalue weighted by atomic mass is 9.91. The molecule has 2 atom stereocenters. The molecule has 0 N–H and O–H groups in total. The number of hydrogen-bond donors (Lipinski definition) is 0. The van der Waals surface area contributed by atoms with Crippen molar-refractivity contribution in [2.75, 3.05) is 39.5 Å². The van der Waals surface area contributed by atoms with E-state index in [1.807, 2.05) is 0 Å². The molecule has 96 valence electrons. The fraction of sp³-hybridized carbons (Fsp3) is 0.714. The number of nitrogens with zero attached hydrogens (tertiary/aromatic N) is 1. The minimum absolute atomic E-state index is 0.582. The Kier molecular flexibility index (Phi) is 4.63. The van der Waals surface area contributed by atoms with Crippen molar-refractivity contribution in [1.29, 1.82) is 0 Å². The summed E-state index contributed by atoms with van der Waals surface area (Å²) in [6.45, 7) is 10.0. The van der Waals surface area contributed by atoms with Crippen LogP contribution in [0, 0.1) is 11.8 Å². The van der Waals surface area contributed by atoms with E-state index in [1.54, 1.807) is 0 Å². The highest BCUT2D eigenvalue weighted by Crippen LogP contribution is 2.22. The highest BCUT2D eigenvalue weighted by molar-refractivity contribution is 5.19. The summed E-state index contributed by atoms with van der Waals surface area (Å²) >= 11 is 0. The average molecular weight is 237 g/mol. The fourth-order valence-corrected chi connectivity index (χ4v) is 2.10. The first-order chi connectivity index (χ1) is 8.25. The lowest BCUT2D eigenvalue weighted by molar-refractivity contribution is 0.0279. The summed E-state index contributed by atoms with van der Waals surface area (Å²) in [6.07, 6.45) is 6.56. The first-order valence-corrected chi connectivity index (χ1v) is 6.58. The Morgan fingerprint density at radius 2 is 2.06 bits per heavy atom. The number of hydrogen-bond acceptors (Lipinski definition) is 3. The van der Waals surface area contributed by atoms with Gasteiger partial charge in [0.15, 0.2) is 0 Å². The van der Waals surface area contributed by atoms with Gasteiger partial charge in [-0.25, -0.2) is 0 Å². The van der Waals surface area contributed by atoms with Gasteiger partial charge in [0.05, 0.1) is 13.2 Å². The zero-order valence-corrected chi connectivity index (χ0v) is 10.9. The topological polar surface area (TPSA) is 21.7 Å². The third-order valence-corrected chi connectivity index (χ3v) is 3.60. The second-order valence-electron chi connectivity index (χ2n) is 4.95. The Bertz CT molecular complexity index is 293. The molecule has 0 saturated carbocycles. The predicted molar refractivity (Wildman–Crippen MR) is 68.8 cm³/mol. The van der Waals surface area contributed by atoms with Crippen molar-refractivity contribution in [2.45, 2.75) is 13.8 Å². The molecule has 1 aliphatic heterocycles. The van der Waals surface area contributed by atoms with E-state index in [0.29, 0.717) is 11.8 Å². The highest BCUT2D eigenvalue weighted by atomic mass is 16.5. The Morgan fingerprint density at radius 3 is 2.76 bits per heavy atom. The SMILES string of the molecule is CC1C=CC(OCCN2CCOCC2)=CC1C. The van der Waals surface area contributed by atoms with Gasteiger partial charge in [-0.2, -0.15) is 0 Å². The van der Waals surface area contributed by atoms with Gasteiger partial charge in [0.2, 0.25) is 0 Å². The molecule has 1 heterocycles. The van der Waals surface area contributed by atoms with Crippen molar-refractivity contribution < 1.29 is 9.47 Å². The summed E-state index contributed by atoms with van der Waals surface area (Å²) in [5.74, 6) is 2.24. The van der Waals surface area contributed by atoms with Gasteiger partial charge >= 0.3 is 0 Å². The van der Waals surface area contributed by atoms with Gasteiger partial charge in [-0.05, 0) is 24.0 Å². The van der Waals surface area contributed by atoms with Crippen LogP contribution >= 0.6 is 0 Å². The monoisotopic (exact) mass is 237 g/mol. The zero-order chi connectivity index (χ0) is 12.1. The molecule has 0 aromatic heterocycles. The van der Waals surface area contributed by atoms with Crippen molar-refractivity contribution in [3.63, 3.8) is 0 Å². The molecular formula is C14H23NO2. The minimum atomic E-state index is 0.582. The second-order valence-corrected chi connectivity index (χ2v) is 4.95. The van der Waals surface area contributed by atoms with E-state index < -0.39 is 0 Å². The van der Waals surface area contributed by atoms with Crippen molar-refractivity contribution >= 4 is 0 Å². The van der Waals surface area contributed by atoms with Crippen LogP contribution in [-0.4, -0.2) is 44.4 Å². The van der Waals surface area contributed by atoms with E-state index in [-0.39, 0.29) is 0 Å². The van der Waals surface area contributed by atoms with Crippen LogP contribution in [-0.2, 0) is 9.47 Å². The number of allylic oxidation sites excluding steroid dienone is 3. The molecule has 1 fully saturated rings. The first kappa shape index (κ1) is 12.7. The molecule has 0 aromatic carbocycles. The van der Waals surface area contributed by atoms with E-state index in [0.717, 1.165) is 45.2 Å². The molecule has 0 amide bonds. The maximum atomic E-state index is 5.80. The van der Waals surface area contributed by atoms with Crippen LogP contribution < -0.4 is 0 Å². The molecule has 1 aliphatic carbocycles. The van der Waals surface area contributed by atoms with Crippen LogP contribution in [0.2, 0.25) is 0 Å². The van der Waals surface area contributed by atoms with Gasteiger partial charge in [0.1, 0.15) is 12.4 Å². The van der Waals surface area contributed by atoms with E-state index in [9.17, 15) is 0 Å². The Balaban J connectivity index is 1.68. The number of ether oxygens (including phenoxy) is 2. The minimum Gasteiger partial charge on any atom is -0.493 e. The molecule has 0 aromatic rings. The summed E-state index contributed by atoms with van der Waals surface area (Å²) in [5.41, 5.74) is 0. The predicted octanol–water partition coefficient (Wildman–Crippen LogP) is 2.06. The van der Waals surface area contributed by atoms with Gasteiger partial charge in [-0.3, -0.25) is 4.90 Å². The van der Waals surface area contributed by atoms with E-state index >= 15 is 0 Å². The molecule has 2 unspecified atom stereocenters. The first-order valence-electron chi connectivity index (χ1n) is 6.58. The van der Waals surface area contributed by atoms with Gasteiger partial charge in [0.25, 0.3) is 0 Å². The molecule has 2 rings (SSSR count). The van der Waals surface area contributed by atoms with Gasteiger partial charge in [0, 0.05) is 19.6 Å². The van der Waals surface area contributed by atoms with Crippen LogP contribution in [0.25, 0.3) is 0 Å². The number of morpholine rings is 1. The third-order valence-electron chi connectivity index (χ3n) is 3.60. The summed E-state index contributed by atoms with van der Waals surface area (Å²) in [4.78, 5) is 2.39.